The number of benzene rings is 1. The molecule has 0 amide bonds. The van der Waals surface area contributed by atoms with Crippen LogP contribution in [0, 0.1) is 0 Å². The van der Waals surface area contributed by atoms with E-state index in [1.54, 1.807) is 6.08 Å². The van der Waals surface area contributed by atoms with Gasteiger partial charge < -0.3 is 5.32 Å². The molecule has 1 aromatic rings. The fourth-order valence-electron chi connectivity index (χ4n) is 2.14. The van der Waals surface area contributed by atoms with E-state index in [0.717, 1.165) is 37.9 Å². The average molecular weight is 280 g/mol. The normalized spacial score (nSPS) is 21.4. The van der Waals surface area contributed by atoms with Crippen molar-refractivity contribution >= 4 is 16.1 Å². The maximum atomic E-state index is 12.0. The summed E-state index contributed by atoms with van der Waals surface area (Å²) in [7, 11) is -3.35. The van der Waals surface area contributed by atoms with Crippen molar-refractivity contribution in [2.75, 3.05) is 13.1 Å². The van der Waals surface area contributed by atoms with Crippen molar-refractivity contribution in [1.29, 1.82) is 0 Å². The lowest BCUT2D eigenvalue weighted by Gasteiger charge is -2.14. The number of rotatable bonds is 4. The van der Waals surface area contributed by atoms with Crippen molar-refractivity contribution in [1.82, 2.24) is 10.0 Å². The highest BCUT2D eigenvalue weighted by Gasteiger charge is 2.16. The summed E-state index contributed by atoms with van der Waals surface area (Å²) in [5.41, 5.74) is 0.885. The predicted molar refractivity (Wildman–Crippen MR) is 78.0 cm³/mol. The Hall–Kier alpha value is -1.17. The third kappa shape index (κ3) is 5.14. The zero-order valence-electron chi connectivity index (χ0n) is 10.9. The summed E-state index contributed by atoms with van der Waals surface area (Å²) >= 11 is 0. The molecule has 2 rings (SSSR count). The smallest absolute Gasteiger partial charge is 0.233 e. The second-order valence-electron chi connectivity index (χ2n) is 4.75. The summed E-state index contributed by atoms with van der Waals surface area (Å²) < 4.78 is 26.7. The molecule has 5 heteroatoms. The van der Waals surface area contributed by atoms with E-state index in [4.69, 9.17) is 0 Å². The minimum atomic E-state index is -3.35. The van der Waals surface area contributed by atoms with E-state index in [-0.39, 0.29) is 6.04 Å². The highest BCUT2D eigenvalue weighted by atomic mass is 32.2. The van der Waals surface area contributed by atoms with E-state index < -0.39 is 10.0 Å². The summed E-state index contributed by atoms with van der Waals surface area (Å²) in [5.74, 6) is 0. The third-order valence-electron chi connectivity index (χ3n) is 3.15. The fraction of sp³-hybridized carbons (Fsp3) is 0.429. The van der Waals surface area contributed by atoms with Crippen LogP contribution in [0.25, 0.3) is 6.08 Å². The lowest BCUT2D eigenvalue weighted by Crippen LogP contribution is -2.34. The summed E-state index contributed by atoms with van der Waals surface area (Å²) in [5, 5.41) is 4.52. The van der Waals surface area contributed by atoms with Crippen LogP contribution in [0.15, 0.2) is 35.7 Å². The molecule has 2 N–H and O–H groups in total. The topological polar surface area (TPSA) is 58.2 Å². The van der Waals surface area contributed by atoms with Crippen LogP contribution in [0.5, 0.6) is 0 Å². The number of sulfonamides is 1. The van der Waals surface area contributed by atoms with Crippen LogP contribution in [0.3, 0.4) is 0 Å². The molecular formula is C14H20N2O2S. The molecule has 4 nitrogen and oxygen atoms in total. The van der Waals surface area contributed by atoms with Crippen molar-refractivity contribution in [3.63, 3.8) is 0 Å². The van der Waals surface area contributed by atoms with Gasteiger partial charge in [-0.25, -0.2) is 13.1 Å². The lowest BCUT2D eigenvalue weighted by atomic mass is 10.1. The summed E-state index contributed by atoms with van der Waals surface area (Å²) in [6.07, 6.45) is 4.37. The maximum Gasteiger partial charge on any atom is 0.233 e. The van der Waals surface area contributed by atoms with Crippen LogP contribution >= 0.6 is 0 Å². The first-order chi connectivity index (χ1) is 9.16. The Morgan fingerprint density at radius 1 is 1.16 bits per heavy atom. The Kier molecular flexibility index (Phi) is 5.13. The molecule has 19 heavy (non-hydrogen) atoms. The molecule has 1 aromatic carbocycles. The van der Waals surface area contributed by atoms with Crippen LogP contribution in [0.2, 0.25) is 0 Å². The van der Waals surface area contributed by atoms with Gasteiger partial charge in [-0.2, -0.15) is 0 Å². The standard InChI is InChI=1S/C14H20N2O2S/c17-19(18,12-9-13-5-2-1-3-6-13)16-14-7-4-10-15-11-8-14/h1-3,5-6,9,12,14-16H,4,7-8,10-11H2/b12-9+. The second-order valence-corrected chi connectivity index (χ2v) is 6.35. The molecule has 1 fully saturated rings. The average Bonchev–Trinajstić information content (AvgIpc) is 2.66. The minimum absolute atomic E-state index is 0.0421. The number of nitrogens with one attached hydrogen (secondary N) is 2. The lowest BCUT2D eigenvalue weighted by molar-refractivity contribution is 0.524. The summed E-state index contributed by atoms with van der Waals surface area (Å²) in [4.78, 5) is 0. The Balaban J connectivity index is 1.96. The Morgan fingerprint density at radius 2 is 1.95 bits per heavy atom. The van der Waals surface area contributed by atoms with Crippen molar-refractivity contribution in [2.24, 2.45) is 0 Å². The molecule has 0 radical (unpaired) electrons. The van der Waals surface area contributed by atoms with Gasteiger partial charge in [-0.3, -0.25) is 0 Å². The van der Waals surface area contributed by atoms with Gasteiger partial charge in [-0.05, 0) is 44.0 Å². The van der Waals surface area contributed by atoms with Gasteiger partial charge in [0.1, 0.15) is 0 Å². The van der Waals surface area contributed by atoms with E-state index in [1.165, 1.54) is 5.41 Å². The first-order valence-corrected chi connectivity index (χ1v) is 8.16. The molecule has 1 aliphatic rings. The molecule has 1 saturated heterocycles. The van der Waals surface area contributed by atoms with E-state index in [1.807, 2.05) is 30.3 Å². The first kappa shape index (κ1) is 14.2. The van der Waals surface area contributed by atoms with Crippen LogP contribution in [0.4, 0.5) is 0 Å². The summed E-state index contributed by atoms with van der Waals surface area (Å²) in [6, 6.07) is 9.47. The van der Waals surface area contributed by atoms with Gasteiger partial charge >= 0.3 is 0 Å². The van der Waals surface area contributed by atoms with E-state index in [0.29, 0.717) is 0 Å². The maximum absolute atomic E-state index is 12.0. The second kappa shape index (κ2) is 6.84. The monoisotopic (exact) mass is 280 g/mol. The summed E-state index contributed by atoms with van der Waals surface area (Å²) in [6.45, 7) is 1.84. The van der Waals surface area contributed by atoms with Gasteiger partial charge in [0.15, 0.2) is 0 Å². The minimum Gasteiger partial charge on any atom is -0.317 e. The SMILES string of the molecule is O=S(=O)(/C=C/c1ccccc1)NC1CCCNCC1. The van der Waals surface area contributed by atoms with Crippen LogP contribution in [-0.4, -0.2) is 27.5 Å². The Bertz CT molecular complexity index is 504. The van der Waals surface area contributed by atoms with E-state index in [2.05, 4.69) is 10.0 Å². The van der Waals surface area contributed by atoms with E-state index >= 15 is 0 Å². The molecule has 1 atom stereocenters. The molecule has 1 aliphatic heterocycles. The molecule has 1 heterocycles. The van der Waals surface area contributed by atoms with Crippen molar-refractivity contribution < 1.29 is 8.42 Å². The Labute approximate surface area is 115 Å². The van der Waals surface area contributed by atoms with Crippen LogP contribution in [-0.2, 0) is 10.0 Å². The number of hydrogen-bond acceptors (Lipinski definition) is 3. The van der Waals surface area contributed by atoms with Crippen molar-refractivity contribution in [2.45, 2.75) is 25.3 Å². The molecule has 0 bridgehead atoms. The molecule has 0 aromatic heterocycles. The highest BCUT2D eigenvalue weighted by Crippen LogP contribution is 2.08. The van der Waals surface area contributed by atoms with Gasteiger partial charge in [-0.15, -0.1) is 0 Å². The van der Waals surface area contributed by atoms with Gasteiger partial charge in [0, 0.05) is 11.4 Å². The van der Waals surface area contributed by atoms with Gasteiger partial charge in [0.05, 0.1) is 0 Å². The first-order valence-electron chi connectivity index (χ1n) is 6.62. The van der Waals surface area contributed by atoms with Crippen LogP contribution < -0.4 is 10.0 Å². The van der Waals surface area contributed by atoms with Crippen LogP contribution in [0.1, 0.15) is 24.8 Å². The number of hydrogen-bond donors (Lipinski definition) is 2. The van der Waals surface area contributed by atoms with Gasteiger partial charge in [-0.1, -0.05) is 30.3 Å². The molecule has 0 spiro atoms. The fourth-order valence-corrected chi connectivity index (χ4v) is 3.26. The third-order valence-corrected chi connectivity index (χ3v) is 4.30. The molecular weight excluding hydrogens is 260 g/mol. The molecule has 1 unspecified atom stereocenters. The van der Waals surface area contributed by atoms with E-state index in [9.17, 15) is 8.42 Å². The predicted octanol–water partition coefficient (Wildman–Crippen LogP) is 1.72. The molecule has 104 valence electrons. The van der Waals surface area contributed by atoms with Gasteiger partial charge in [0.2, 0.25) is 10.0 Å². The van der Waals surface area contributed by atoms with Gasteiger partial charge in [0.25, 0.3) is 0 Å². The zero-order chi connectivity index (χ0) is 13.6. The largest absolute Gasteiger partial charge is 0.317 e. The van der Waals surface area contributed by atoms with Crippen molar-refractivity contribution in [3.05, 3.63) is 41.3 Å². The molecule has 0 saturated carbocycles. The quantitative estimate of drug-likeness (QED) is 0.883. The Morgan fingerprint density at radius 3 is 2.74 bits per heavy atom. The highest BCUT2D eigenvalue weighted by molar-refractivity contribution is 7.92. The zero-order valence-corrected chi connectivity index (χ0v) is 11.7. The van der Waals surface area contributed by atoms with Crippen molar-refractivity contribution in [3.8, 4) is 0 Å². The molecule has 0 aliphatic carbocycles.